The molecular weight excluding hydrogens is 452 g/mol. The van der Waals surface area contributed by atoms with E-state index in [0.717, 1.165) is 18.6 Å². The van der Waals surface area contributed by atoms with Gasteiger partial charge >= 0.3 is 0 Å². The molecule has 4 rings (SSSR count). The molecule has 1 aliphatic heterocycles. The molecule has 0 spiro atoms. The molecule has 0 bridgehead atoms. The Balaban J connectivity index is 1.38. The van der Waals surface area contributed by atoms with Crippen molar-refractivity contribution in [3.05, 3.63) is 63.6 Å². The van der Waals surface area contributed by atoms with Crippen LogP contribution in [0.1, 0.15) is 33.7 Å². The second-order valence-corrected chi connectivity index (χ2v) is 8.56. The first-order chi connectivity index (χ1) is 15.5. The van der Waals surface area contributed by atoms with Gasteiger partial charge in [-0.05, 0) is 55.3 Å². The zero-order chi connectivity index (χ0) is 22.5. The van der Waals surface area contributed by atoms with Crippen molar-refractivity contribution >= 4 is 40.4 Å². The van der Waals surface area contributed by atoms with Crippen LogP contribution in [-0.2, 0) is 4.79 Å². The summed E-state index contributed by atoms with van der Waals surface area (Å²) < 4.78 is 10.7. The van der Waals surface area contributed by atoms with E-state index in [1.807, 2.05) is 0 Å². The van der Waals surface area contributed by atoms with Crippen molar-refractivity contribution in [3.8, 4) is 11.5 Å². The van der Waals surface area contributed by atoms with Crippen LogP contribution in [0.25, 0.3) is 0 Å². The van der Waals surface area contributed by atoms with Gasteiger partial charge in [-0.1, -0.05) is 29.0 Å². The Labute approximate surface area is 194 Å². The minimum absolute atomic E-state index is 0.0796. The lowest BCUT2D eigenvalue weighted by molar-refractivity contribution is -0.134. The van der Waals surface area contributed by atoms with Gasteiger partial charge in [0.05, 0.1) is 13.2 Å². The Bertz CT molecular complexity index is 1110. The van der Waals surface area contributed by atoms with Gasteiger partial charge in [0.25, 0.3) is 11.8 Å². The monoisotopic (exact) mass is 472 g/mol. The zero-order valence-corrected chi connectivity index (χ0v) is 18.9. The summed E-state index contributed by atoms with van der Waals surface area (Å²) in [6.07, 6.45) is 1.61. The Kier molecular flexibility index (Phi) is 6.87. The van der Waals surface area contributed by atoms with E-state index in [2.05, 4.69) is 15.5 Å². The van der Waals surface area contributed by atoms with Crippen molar-refractivity contribution in [2.75, 3.05) is 25.6 Å². The molecule has 1 aliphatic rings. The van der Waals surface area contributed by atoms with E-state index in [1.165, 1.54) is 11.3 Å². The van der Waals surface area contributed by atoms with Crippen LogP contribution in [0.3, 0.4) is 0 Å². The Morgan fingerprint density at radius 2 is 1.97 bits per heavy atom. The number of methoxy groups -OCH3 is 1. The maximum Gasteiger partial charge on any atom is 0.286 e. The van der Waals surface area contributed by atoms with Crippen molar-refractivity contribution in [1.29, 1.82) is 0 Å². The molecule has 32 heavy (non-hydrogen) atoms. The van der Waals surface area contributed by atoms with Crippen molar-refractivity contribution < 1.29 is 19.1 Å². The summed E-state index contributed by atoms with van der Waals surface area (Å²) in [5, 5.41) is 12.4. The van der Waals surface area contributed by atoms with Crippen molar-refractivity contribution in [2.45, 2.75) is 18.9 Å². The molecule has 3 aromatic rings. The molecule has 0 unspecified atom stereocenters. The molecule has 2 aromatic carbocycles. The highest BCUT2D eigenvalue weighted by atomic mass is 35.5. The van der Waals surface area contributed by atoms with E-state index in [-0.39, 0.29) is 29.5 Å². The maximum absolute atomic E-state index is 12.8. The number of nitrogens with one attached hydrogen (secondary N) is 1. The van der Waals surface area contributed by atoms with Crippen LogP contribution < -0.4 is 14.8 Å². The topological polar surface area (TPSA) is 93.7 Å². The third-order valence-electron chi connectivity index (χ3n) is 5.00. The first-order valence-corrected chi connectivity index (χ1v) is 11.2. The predicted octanol–water partition coefficient (Wildman–Crippen LogP) is 4.19. The number of nitrogens with zero attached hydrogens (tertiary/aromatic N) is 3. The predicted molar refractivity (Wildman–Crippen MR) is 121 cm³/mol. The summed E-state index contributed by atoms with van der Waals surface area (Å²) in [5.74, 6) is 0.804. The van der Waals surface area contributed by atoms with Gasteiger partial charge in [-0.25, -0.2) is 0 Å². The first kappa shape index (κ1) is 22.0. The van der Waals surface area contributed by atoms with Crippen LogP contribution in [0.15, 0.2) is 48.5 Å². The standard InChI is InChI=1S/C22H21ClN4O4S/c1-30-16-7-9-17(10-8-16)31-13-19(28)27-11-3-6-18(27)21-25-26-22(32-21)20(29)24-15-5-2-4-14(23)12-15/h2,4-5,7-10,12,18H,3,6,11,13H2,1H3,(H,24,29)/t18-/m1/s1. The largest absolute Gasteiger partial charge is 0.497 e. The molecule has 1 fully saturated rings. The lowest BCUT2D eigenvalue weighted by atomic mass is 10.2. The molecule has 8 nitrogen and oxygen atoms in total. The van der Waals surface area contributed by atoms with Crippen LogP contribution in [0.4, 0.5) is 5.69 Å². The molecule has 1 atom stereocenters. The Hall–Kier alpha value is -3.17. The molecule has 2 heterocycles. The number of benzene rings is 2. The lowest BCUT2D eigenvalue weighted by Gasteiger charge is -2.22. The van der Waals surface area contributed by atoms with Crippen molar-refractivity contribution in [3.63, 3.8) is 0 Å². The van der Waals surface area contributed by atoms with Gasteiger partial charge < -0.3 is 19.7 Å². The lowest BCUT2D eigenvalue weighted by Crippen LogP contribution is -2.34. The van der Waals surface area contributed by atoms with Crippen molar-refractivity contribution in [1.82, 2.24) is 15.1 Å². The summed E-state index contributed by atoms with van der Waals surface area (Å²) >= 11 is 7.14. The smallest absolute Gasteiger partial charge is 0.286 e. The molecule has 0 radical (unpaired) electrons. The summed E-state index contributed by atoms with van der Waals surface area (Å²) in [7, 11) is 1.59. The van der Waals surface area contributed by atoms with Crippen LogP contribution in [0, 0.1) is 0 Å². The fourth-order valence-electron chi connectivity index (χ4n) is 3.43. The third-order valence-corrected chi connectivity index (χ3v) is 6.26. The van der Waals surface area contributed by atoms with Gasteiger partial charge in [0.2, 0.25) is 5.01 Å². The van der Waals surface area contributed by atoms with Gasteiger partial charge in [0.1, 0.15) is 16.5 Å². The highest BCUT2D eigenvalue weighted by molar-refractivity contribution is 7.13. The number of rotatable bonds is 7. The maximum atomic E-state index is 12.8. The fraction of sp³-hybridized carbons (Fsp3) is 0.273. The summed E-state index contributed by atoms with van der Waals surface area (Å²) in [6.45, 7) is 0.531. The van der Waals surface area contributed by atoms with Gasteiger partial charge in [0.15, 0.2) is 6.61 Å². The summed E-state index contributed by atoms with van der Waals surface area (Å²) in [6, 6.07) is 13.7. The number of carbonyl (C=O) groups is 2. The van der Waals surface area contributed by atoms with Crippen molar-refractivity contribution in [2.24, 2.45) is 0 Å². The minimum Gasteiger partial charge on any atom is -0.497 e. The first-order valence-electron chi connectivity index (χ1n) is 10.00. The number of anilines is 1. The fourth-order valence-corrected chi connectivity index (χ4v) is 4.51. The molecule has 166 valence electrons. The van der Waals surface area contributed by atoms with Gasteiger partial charge in [-0.2, -0.15) is 0 Å². The quantitative estimate of drug-likeness (QED) is 0.554. The van der Waals surface area contributed by atoms with Crippen LogP contribution >= 0.6 is 22.9 Å². The molecule has 10 heteroatoms. The molecule has 1 saturated heterocycles. The highest BCUT2D eigenvalue weighted by Gasteiger charge is 2.33. The van der Waals surface area contributed by atoms with Crippen LogP contribution in [0.2, 0.25) is 5.02 Å². The molecule has 0 saturated carbocycles. The Morgan fingerprint density at radius 3 is 2.72 bits per heavy atom. The number of carbonyl (C=O) groups excluding carboxylic acids is 2. The number of likely N-dealkylation sites (tertiary alicyclic amines) is 1. The number of aromatic nitrogens is 2. The van der Waals surface area contributed by atoms with Crippen LogP contribution in [0.5, 0.6) is 11.5 Å². The second kappa shape index (κ2) is 9.97. The van der Waals surface area contributed by atoms with Crippen LogP contribution in [-0.4, -0.2) is 47.2 Å². The van der Waals surface area contributed by atoms with Gasteiger partial charge in [0, 0.05) is 17.3 Å². The summed E-state index contributed by atoms with van der Waals surface area (Å²) in [4.78, 5) is 27.0. The molecular formula is C22H21ClN4O4S. The normalized spacial score (nSPS) is 15.4. The Morgan fingerprint density at radius 1 is 1.19 bits per heavy atom. The molecule has 0 aliphatic carbocycles. The number of amides is 2. The zero-order valence-electron chi connectivity index (χ0n) is 17.3. The third kappa shape index (κ3) is 5.17. The van der Waals surface area contributed by atoms with Gasteiger partial charge in [-0.15, -0.1) is 10.2 Å². The summed E-state index contributed by atoms with van der Waals surface area (Å²) in [5.41, 5.74) is 0.576. The second-order valence-electron chi connectivity index (χ2n) is 7.12. The van der Waals surface area contributed by atoms with E-state index in [1.54, 1.807) is 60.5 Å². The van der Waals surface area contributed by atoms with Gasteiger partial charge in [-0.3, -0.25) is 9.59 Å². The minimum atomic E-state index is -0.366. The molecule has 2 amide bonds. The highest BCUT2D eigenvalue weighted by Crippen LogP contribution is 2.34. The molecule has 1 N–H and O–H groups in total. The molecule has 1 aromatic heterocycles. The van der Waals surface area contributed by atoms with E-state index in [9.17, 15) is 9.59 Å². The van der Waals surface area contributed by atoms with E-state index >= 15 is 0 Å². The number of ether oxygens (including phenoxy) is 2. The van der Waals surface area contributed by atoms with E-state index in [4.69, 9.17) is 21.1 Å². The van der Waals surface area contributed by atoms with E-state index in [0.29, 0.717) is 28.0 Å². The number of hydrogen-bond acceptors (Lipinski definition) is 7. The number of hydrogen-bond donors (Lipinski definition) is 1. The number of halogens is 1. The average molecular weight is 473 g/mol. The SMILES string of the molecule is COc1ccc(OCC(=O)N2CCC[C@@H]2c2nnc(C(=O)Nc3cccc(Cl)c3)s2)cc1. The van der Waals surface area contributed by atoms with E-state index < -0.39 is 0 Å². The average Bonchev–Trinajstić information content (AvgIpc) is 3.47.